The molecule has 0 amide bonds. The van der Waals surface area contributed by atoms with E-state index in [4.69, 9.17) is 4.74 Å². The third-order valence-electron chi connectivity index (χ3n) is 4.20. The number of H-pyrrole nitrogens is 1. The van der Waals surface area contributed by atoms with Crippen LogP contribution in [-0.4, -0.2) is 12.1 Å². The molecule has 3 aromatic rings. The van der Waals surface area contributed by atoms with Gasteiger partial charge in [-0.15, -0.1) is 0 Å². The van der Waals surface area contributed by atoms with Crippen LogP contribution in [0, 0.1) is 6.92 Å². The summed E-state index contributed by atoms with van der Waals surface area (Å²) in [4.78, 5) is 16.3. The minimum Gasteiger partial charge on any atom is -0.372 e. The number of para-hydroxylation sites is 1. The van der Waals surface area contributed by atoms with E-state index in [0.29, 0.717) is 5.39 Å². The number of pyridine rings is 1. The van der Waals surface area contributed by atoms with Gasteiger partial charge in [0.25, 0.3) is 0 Å². The number of aryl methyl sites for hydroxylation is 1. The highest BCUT2D eigenvalue weighted by molar-refractivity contribution is 5.86. The summed E-state index contributed by atoms with van der Waals surface area (Å²) in [6, 6.07) is 13.8. The molecule has 0 saturated heterocycles. The van der Waals surface area contributed by atoms with E-state index in [1.165, 1.54) is 5.56 Å². The molecule has 3 nitrogen and oxygen atoms in total. The van der Waals surface area contributed by atoms with Gasteiger partial charge in [-0.25, -0.2) is 0 Å². The Hall–Kier alpha value is -2.39. The zero-order valence-corrected chi connectivity index (χ0v) is 11.9. The van der Waals surface area contributed by atoms with Crippen LogP contribution in [0.3, 0.4) is 0 Å². The van der Waals surface area contributed by atoms with Crippen molar-refractivity contribution in [2.45, 2.75) is 13.0 Å². The summed E-state index contributed by atoms with van der Waals surface area (Å²) in [7, 11) is 1.65. The molecule has 21 heavy (non-hydrogen) atoms. The molecule has 1 atom stereocenters. The SMILES string of the molecule is COC1c2ccc(C)cc2-c2[nH]c3ccccc3c(=O)c21. The Morgan fingerprint density at radius 1 is 1.14 bits per heavy atom. The predicted octanol–water partition coefficient (Wildman–Crippen LogP) is 3.55. The summed E-state index contributed by atoms with van der Waals surface area (Å²) in [5.41, 5.74) is 5.83. The molecule has 1 unspecified atom stereocenters. The Kier molecular flexibility index (Phi) is 2.53. The highest BCUT2D eigenvalue weighted by Gasteiger charge is 2.32. The van der Waals surface area contributed by atoms with Gasteiger partial charge in [0.2, 0.25) is 0 Å². The molecule has 1 aromatic heterocycles. The van der Waals surface area contributed by atoms with E-state index < -0.39 is 0 Å². The van der Waals surface area contributed by atoms with Crippen LogP contribution in [0.5, 0.6) is 0 Å². The fourth-order valence-electron chi connectivity index (χ4n) is 3.23. The van der Waals surface area contributed by atoms with Crippen molar-refractivity contribution in [3.63, 3.8) is 0 Å². The number of aromatic amines is 1. The van der Waals surface area contributed by atoms with Crippen LogP contribution >= 0.6 is 0 Å². The highest BCUT2D eigenvalue weighted by atomic mass is 16.5. The number of aromatic nitrogens is 1. The number of ether oxygens (including phenoxy) is 1. The molecule has 0 radical (unpaired) electrons. The number of methoxy groups -OCH3 is 1. The number of hydrogen-bond donors (Lipinski definition) is 1. The van der Waals surface area contributed by atoms with E-state index in [1.807, 2.05) is 24.3 Å². The molecular weight excluding hydrogens is 262 g/mol. The molecule has 0 fully saturated rings. The maximum Gasteiger partial charge on any atom is 0.196 e. The van der Waals surface area contributed by atoms with Gasteiger partial charge in [0, 0.05) is 23.6 Å². The van der Waals surface area contributed by atoms with Crippen LogP contribution < -0.4 is 5.43 Å². The Morgan fingerprint density at radius 3 is 2.76 bits per heavy atom. The molecule has 0 saturated carbocycles. The van der Waals surface area contributed by atoms with E-state index in [9.17, 15) is 4.79 Å². The molecule has 104 valence electrons. The summed E-state index contributed by atoms with van der Waals surface area (Å²) in [6.07, 6.45) is -0.288. The minimum atomic E-state index is -0.288. The number of fused-ring (bicyclic) bond motifs is 4. The van der Waals surface area contributed by atoms with E-state index in [0.717, 1.165) is 27.9 Å². The summed E-state index contributed by atoms with van der Waals surface area (Å²) in [5.74, 6) is 0. The van der Waals surface area contributed by atoms with Gasteiger partial charge < -0.3 is 9.72 Å². The molecule has 0 spiro atoms. The van der Waals surface area contributed by atoms with Crippen molar-refractivity contribution >= 4 is 10.9 Å². The van der Waals surface area contributed by atoms with Gasteiger partial charge in [0.1, 0.15) is 6.10 Å². The lowest BCUT2D eigenvalue weighted by Gasteiger charge is -2.10. The fourth-order valence-corrected chi connectivity index (χ4v) is 3.23. The van der Waals surface area contributed by atoms with Gasteiger partial charge in [0.15, 0.2) is 5.43 Å². The fraction of sp³-hybridized carbons (Fsp3) is 0.167. The van der Waals surface area contributed by atoms with Crippen LogP contribution in [0.4, 0.5) is 0 Å². The quantitative estimate of drug-likeness (QED) is 0.739. The number of benzene rings is 2. The first kappa shape index (κ1) is 12.4. The van der Waals surface area contributed by atoms with Crippen molar-refractivity contribution < 1.29 is 4.74 Å². The minimum absolute atomic E-state index is 0.0556. The van der Waals surface area contributed by atoms with Crippen LogP contribution in [0.15, 0.2) is 47.3 Å². The summed E-state index contributed by atoms with van der Waals surface area (Å²) >= 11 is 0. The molecule has 1 aliphatic carbocycles. The molecule has 1 aliphatic rings. The van der Waals surface area contributed by atoms with Gasteiger partial charge in [0.05, 0.1) is 11.3 Å². The van der Waals surface area contributed by atoms with Crippen molar-refractivity contribution in [2.75, 3.05) is 7.11 Å². The summed E-state index contributed by atoms with van der Waals surface area (Å²) in [5, 5.41) is 0.711. The van der Waals surface area contributed by atoms with Crippen LogP contribution in [0.1, 0.15) is 22.8 Å². The first-order valence-corrected chi connectivity index (χ1v) is 6.99. The molecule has 0 bridgehead atoms. The Labute approximate surface area is 122 Å². The molecule has 1 heterocycles. The van der Waals surface area contributed by atoms with E-state index in [1.54, 1.807) is 7.11 Å². The average molecular weight is 277 g/mol. The first-order valence-electron chi connectivity index (χ1n) is 6.99. The Morgan fingerprint density at radius 2 is 1.95 bits per heavy atom. The average Bonchev–Trinajstić information content (AvgIpc) is 2.81. The van der Waals surface area contributed by atoms with Gasteiger partial charge in [-0.3, -0.25) is 4.79 Å². The van der Waals surface area contributed by atoms with Gasteiger partial charge >= 0.3 is 0 Å². The van der Waals surface area contributed by atoms with Crippen LogP contribution in [0.2, 0.25) is 0 Å². The molecule has 4 rings (SSSR count). The number of hydrogen-bond acceptors (Lipinski definition) is 2. The lowest BCUT2D eigenvalue weighted by atomic mass is 10.1. The maximum atomic E-state index is 12.8. The second-order valence-corrected chi connectivity index (χ2v) is 5.49. The Balaban J connectivity index is 2.16. The zero-order valence-electron chi connectivity index (χ0n) is 11.9. The number of nitrogens with one attached hydrogen (secondary N) is 1. The first-order chi connectivity index (χ1) is 10.2. The smallest absolute Gasteiger partial charge is 0.196 e. The van der Waals surface area contributed by atoms with Crippen LogP contribution in [0.25, 0.3) is 22.2 Å². The lowest BCUT2D eigenvalue weighted by Crippen LogP contribution is -2.14. The third kappa shape index (κ3) is 1.61. The monoisotopic (exact) mass is 277 g/mol. The second kappa shape index (κ2) is 4.30. The molecule has 0 aliphatic heterocycles. The van der Waals surface area contributed by atoms with Crippen molar-refractivity contribution in [1.29, 1.82) is 0 Å². The predicted molar refractivity (Wildman–Crippen MR) is 83.6 cm³/mol. The van der Waals surface area contributed by atoms with Gasteiger partial charge in [-0.05, 0) is 30.7 Å². The molecule has 2 aromatic carbocycles. The number of rotatable bonds is 1. The van der Waals surface area contributed by atoms with E-state index in [-0.39, 0.29) is 11.5 Å². The normalized spacial score (nSPS) is 16.0. The second-order valence-electron chi connectivity index (χ2n) is 5.49. The summed E-state index contributed by atoms with van der Waals surface area (Å²) < 4.78 is 5.61. The van der Waals surface area contributed by atoms with Gasteiger partial charge in [-0.2, -0.15) is 0 Å². The van der Waals surface area contributed by atoms with Crippen molar-refractivity contribution in [1.82, 2.24) is 4.98 Å². The lowest BCUT2D eigenvalue weighted by molar-refractivity contribution is 0.139. The molecule has 3 heteroatoms. The maximum absolute atomic E-state index is 12.8. The van der Waals surface area contributed by atoms with Crippen molar-refractivity contribution in [2.24, 2.45) is 0 Å². The largest absolute Gasteiger partial charge is 0.372 e. The summed E-state index contributed by atoms with van der Waals surface area (Å²) in [6.45, 7) is 2.05. The van der Waals surface area contributed by atoms with Gasteiger partial charge in [-0.1, -0.05) is 29.8 Å². The van der Waals surface area contributed by atoms with Crippen molar-refractivity contribution in [3.8, 4) is 11.3 Å². The molecular formula is C18H15NO2. The molecule has 1 N–H and O–H groups in total. The van der Waals surface area contributed by atoms with Crippen LogP contribution in [-0.2, 0) is 4.74 Å². The third-order valence-corrected chi connectivity index (χ3v) is 4.20. The highest BCUT2D eigenvalue weighted by Crippen LogP contribution is 2.43. The van der Waals surface area contributed by atoms with Crippen molar-refractivity contribution in [3.05, 3.63) is 69.4 Å². The zero-order chi connectivity index (χ0) is 14.6. The van der Waals surface area contributed by atoms with E-state index in [2.05, 4.69) is 30.1 Å². The van der Waals surface area contributed by atoms with E-state index >= 15 is 0 Å². The standard InChI is InChI=1S/C18H15NO2/c1-10-7-8-11-13(9-10)16-15(18(11)21-2)17(20)12-5-3-4-6-14(12)19-16/h3-9,18H,1-2H3,(H,19,20). The topological polar surface area (TPSA) is 42.1 Å². The Bertz CT molecular complexity index is 924.